The van der Waals surface area contributed by atoms with E-state index in [0.29, 0.717) is 5.15 Å². The van der Waals surface area contributed by atoms with Crippen LogP contribution in [0.2, 0.25) is 5.15 Å². The third-order valence-corrected chi connectivity index (χ3v) is 3.37. The van der Waals surface area contributed by atoms with Crippen LogP contribution in [0, 0.1) is 0 Å². The first-order valence-corrected chi connectivity index (χ1v) is 6.63. The number of rotatable bonds is 2. The molecule has 1 aromatic heterocycles. The maximum Gasteiger partial charge on any atom is 0.151 e. The molecule has 0 spiro atoms. The van der Waals surface area contributed by atoms with E-state index >= 15 is 0 Å². The molecule has 0 bridgehead atoms. The van der Waals surface area contributed by atoms with Gasteiger partial charge in [-0.2, -0.15) is 0 Å². The van der Waals surface area contributed by atoms with Crippen LogP contribution in [-0.4, -0.2) is 36.5 Å². The maximum atomic E-state index is 5.73. The minimum absolute atomic E-state index is 0.411. The second kappa shape index (κ2) is 5.55. The number of halogens is 1. The number of benzene rings is 1. The number of morpholine rings is 1. The molecule has 1 aromatic carbocycles. The van der Waals surface area contributed by atoms with E-state index < -0.39 is 0 Å². The highest BCUT2D eigenvalue weighted by molar-refractivity contribution is 6.29. The third-order valence-electron chi connectivity index (χ3n) is 3.17. The molecule has 1 saturated heterocycles. The largest absolute Gasteiger partial charge is 0.378 e. The second-order valence-corrected chi connectivity index (χ2v) is 4.77. The van der Waals surface area contributed by atoms with Crippen LogP contribution in [0.1, 0.15) is 0 Å². The van der Waals surface area contributed by atoms with Gasteiger partial charge in [-0.25, -0.2) is 0 Å². The van der Waals surface area contributed by atoms with Crippen molar-refractivity contribution in [1.29, 1.82) is 0 Å². The Balaban J connectivity index is 1.80. The zero-order valence-corrected chi connectivity index (χ0v) is 11.2. The van der Waals surface area contributed by atoms with Gasteiger partial charge in [0.15, 0.2) is 5.15 Å². The Morgan fingerprint density at radius 3 is 2.32 bits per heavy atom. The summed E-state index contributed by atoms with van der Waals surface area (Å²) < 4.78 is 5.35. The van der Waals surface area contributed by atoms with E-state index in [1.54, 1.807) is 6.07 Å². The fourth-order valence-electron chi connectivity index (χ4n) is 2.13. The lowest BCUT2D eigenvalue weighted by molar-refractivity contribution is 0.122. The van der Waals surface area contributed by atoms with Crippen LogP contribution < -0.4 is 4.90 Å². The smallest absolute Gasteiger partial charge is 0.151 e. The summed E-state index contributed by atoms with van der Waals surface area (Å²) in [4.78, 5) is 2.32. The monoisotopic (exact) mass is 275 g/mol. The van der Waals surface area contributed by atoms with Crippen molar-refractivity contribution in [3.05, 3.63) is 41.6 Å². The Morgan fingerprint density at radius 1 is 0.947 bits per heavy atom. The minimum Gasteiger partial charge on any atom is -0.378 e. The van der Waals surface area contributed by atoms with E-state index in [1.807, 2.05) is 6.07 Å². The Kier molecular flexibility index (Phi) is 3.62. The van der Waals surface area contributed by atoms with E-state index in [1.165, 1.54) is 5.69 Å². The molecule has 1 aliphatic rings. The SMILES string of the molecule is Clc1ccc(-c2ccc(N3CCOCC3)cc2)nn1. The summed E-state index contributed by atoms with van der Waals surface area (Å²) in [7, 11) is 0. The van der Waals surface area contributed by atoms with Crippen molar-refractivity contribution in [3.63, 3.8) is 0 Å². The molecule has 0 saturated carbocycles. The van der Waals surface area contributed by atoms with E-state index in [2.05, 4.69) is 39.4 Å². The Labute approximate surface area is 117 Å². The van der Waals surface area contributed by atoms with Crippen molar-refractivity contribution in [3.8, 4) is 11.3 Å². The minimum atomic E-state index is 0.411. The Morgan fingerprint density at radius 2 is 1.68 bits per heavy atom. The summed E-state index contributed by atoms with van der Waals surface area (Å²) in [5.74, 6) is 0. The van der Waals surface area contributed by atoms with E-state index in [0.717, 1.165) is 37.6 Å². The third kappa shape index (κ3) is 2.85. The number of ether oxygens (including phenoxy) is 1. The number of aromatic nitrogens is 2. The van der Waals surface area contributed by atoms with Gasteiger partial charge in [-0.15, -0.1) is 10.2 Å². The lowest BCUT2D eigenvalue weighted by atomic mass is 10.1. The van der Waals surface area contributed by atoms with Gasteiger partial charge < -0.3 is 9.64 Å². The van der Waals surface area contributed by atoms with Crippen LogP contribution >= 0.6 is 11.6 Å². The summed E-state index contributed by atoms with van der Waals surface area (Å²) in [6, 6.07) is 12.0. The quantitative estimate of drug-likeness (QED) is 0.844. The molecule has 1 fully saturated rings. The summed E-state index contributed by atoms with van der Waals surface area (Å²) in [5, 5.41) is 8.34. The Hall–Kier alpha value is -1.65. The lowest BCUT2D eigenvalue weighted by Crippen LogP contribution is -2.36. The van der Waals surface area contributed by atoms with Crippen LogP contribution in [0.15, 0.2) is 36.4 Å². The first kappa shape index (κ1) is 12.4. The highest BCUT2D eigenvalue weighted by Crippen LogP contribution is 2.22. The van der Waals surface area contributed by atoms with Crippen molar-refractivity contribution in [2.45, 2.75) is 0 Å². The van der Waals surface area contributed by atoms with Crippen LogP contribution in [-0.2, 0) is 4.74 Å². The lowest BCUT2D eigenvalue weighted by Gasteiger charge is -2.28. The normalized spacial score (nSPS) is 15.5. The summed E-state index contributed by atoms with van der Waals surface area (Å²) >= 11 is 5.73. The molecule has 1 aliphatic heterocycles. The average molecular weight is 276 g/mol. The standard InChI is InChI=1S/C14H14ClN3O/c15-14-6-5-13(16-17-14)11-1-3-12(4-2-11)18-7-9-19-10-8-18/h1-6H,7-10H2. The molecular formula is C14H14ClN3O. The zero-order valence-electron chi connectivity index (χ0n) is 10.4. The van der Waals surface area contributed by atoms with Gasteiger partial charge >= 0.3 is 0 Å². The highest BCUT2D eigenvalue weighted by Gasteiger charge is 2.11. The van der Waals surface area contributed by atoms with Gasteiger partial charge in [0.25, 0.3) is 0 Å². The molecule has 19 heavy (non-hydrogen) atoms. The van der Waals surface area contributed by atoms with E-state index in [4.69, 9.17) is 16.3 Å². The maximum absolute atomic E-state index is 5.73. The molecule has 4 nitrogen and oxygen atoms in total. The molecule has 0 N–H and O–H groups in total. The van der Waals surface area contributed by atoms with Gasteiger partial charge in [-0.05, 0) is 24.3 Å². The molecule has 0 aliphatic carbocycles. The van der Waals surface area contributed by atoms with Crippen molar-refractivity contribution in [2.75, 3.05) is 31.2 Å². The summed E-state index contributed by atoms with van der Waals surface area (Å²) in [5.41, 5.74) is 3.09. The fourth-order valence-corrected chi connectivity index (χ4v) is 2.24. The Bertz CT molecular complexity index is 536. The van der Waals surface area contributed by atoms with Gasteiger partial charge in [0.05, 0.1) is 18.9 Å². The van der Waals surface area contributed by atoms with Crippen molar-refractivity contribution in [2.24, 2.45) is 0 Å². The first-order valence-electron chi connectivity index (χ1n) is 6.25. The number of anilines is 1. The molecule has 0 amide bonds. The number of hydrogen-bond donors (Lipinski definition) is 0. The second-order valence-electron chi connectivity index (χ2n) is 4.39. The van der Waals surface area contributed by atoms with Crippen LogP contribution in [0.4, 0.5) is 5.69 Å². The number of hydrogen-bond acceptors (Lipinski definition) is 4. The van der Waals surface area contributed by atoms with Crippen molar-refractivity contribution in [1.82, 2.24) is 10.2 Å². The highest BCUT2D eigenvalue weighted by atomic mass is 35.5. The molecular weight excluding hydrogens is 262 g/mol. The first-order chi connectivity index (χ1) is 9.33. The topological polar surface area (TPSA) is 38.2 Å². The van der Waals surface area contributed by atoms with Crippen LogP contribution in [0.5, 0.6) is 0 Å². The molecule has 3 rings (SSSR count). The van der Waals surface area contributed by atoms with Gasteiger partial charge in [-0.1, -0.05) is 23.7 Å². The van der Waals surface area contributed by atoms with Crippen molar-refractivity contribution < 1.29 is 4.74 Å². The predicted molar refractivity (Wildman–Crippen MR) is 75.5 cm³/mol. The predicted octanol–water partition coefficient (Wildman–Crippen LogP) is 2.63. The van der Waals surface area contributed by atoms with Crippen molar-refractivity contribution >= 4 is 17.3 Å². The molecule has 2 aromatic rings. The van der Waals surface area contributed by atoms with Crippen LogP contribution in [0.25, 0.3) is 11.3 Å². The van der Waals surface area contributed by atoms with E-state index in [-0.39, 0.29) is 0 Å². The molecule has 0 radical (unpaired) electrons. The molecule has 0 atom stereocenters. The average Bonchev–Trinajstić information content (AvgIpc) is 2.49. The van der Waals surface area contributed by atoms with Crippen LogP contribution in [0.3, 0.4) is 0 Å². The molecule has 2 heterocycles. The fraction of sp³-hybridized carbons (Fsp3) is 0.286. The summed E-state index contributed by atoms with van der Waals surface area (Å²) in [6.07, 6.45) is 0. The molecule has 98 valence electrons. The van der Waals surface area contributed by atoms with Gasteiger partial charge in [0.2, 0.25) is 0 Å². The zero-order chi connectivity index (χ0) is 13.1. The van der Waals surface area contributed by atoms with Gasteiger partial charge in [0, 0.05) is 24.3 Å². The molecule has 0 unspecified atom stereocenters. The van der Waals surface area contributed by atoms with Gasteiger partial charge in [0.1, 0.15) is 0 Å². The molecule has 5 heteroatoms. The summed E-state index contributed by atoms with van der Waals surface area (Å²) in [6.45, 7) is 3.48. The van der Waals surface area contributed by atoms with E-state index in [9.17, 15) is 0 Å². The van der Waals surface area contributed by atoms with Gasteiger partial charge in [-0.3, -0.25) is 0 Å². The number of nitrogens with zero attached hydrogens (tertiary/aromatic N) is 3.